The van der Waals surface area contributed by atoms with E-state index in [0.29, 0.717) is 40.6 Å². The molecule has 0 amide bonds. The molecule has 5 N–H and O–H groups in total. The van der Waals surface area contributed by atoms with E-state index in [4.69, 9.17) is 5.10 Å². The molecule has 276 valence electrons. The fourth-order valence-corrected chi connectivity index (χ4v) is 8.23. The largest absolute Gasteiger partial charge is 0.508 e. The van der Waals surface area contributed by atoms with Crippen molar-refractivity contribution in [3.05, 3.63) is 81.7 Å². The van der Waals surface area contributed by atoms with Gasteiger partial charge in [-0.15, -0.1) is 0 Å². The number of hydrogen-bond acceptors (Lipinski definition) is 8. The summed E-state index contributed by atoms with van der Waals surface area (Å²) in [5, 5.41) is 39.8. The van der Waals surface area contributed by atoms with Crippen LogP contribution >= 0.6 is 0 Å². The van der Waals surface area contributed by atoms with Gasteiger partial charge in [0.25, 0.3) is 0 Å². The Hall–Kier alpha value is -3.73. The average Bonchev–Trinajstić information content (AvgIpc) is 3.59. The lowest BCUT2D eigenvalue weighted by Crippen LogP contribution is -2.35. The van der Waals surface area contributed by atoms with Crippen LogP contribution in [0.4, 0.5) is 0 Å². The molecule has 2 fully saturated rings. The zero-order valence-corrected chi connectivity index (χ0v) is 30.2. The molecule has 2 aromatic carbocycles. The standard InChI is InChI=1S/C41H58N6O4/c48-33-14-13-32(36(26-33)31-11-7-6-8-12-31)25-39-43-29-47(45-39)28-30-19-23-46(24-20-30)22-10-5-3-1-2-4-9-21-42-27-38(50)34-15-17-37(49)41-35(34)16-18-40(51)44-41/h13-18,26,29-31,38,42,48-50H,1-12,19-25,27-28H2,(H,44,51)/t38-/m0/s1. The summed E-state index contributed by atoms with van der Waals surface area (Å²) >= 11 is 0. The van der Waals surface area contributed by atoms with Gasteiger partial charge in [-0.05, 0) is 117 Å². The smallest absolute Gasteiger partial charge is 0.248 e. The molecule has 0 bridgehead atoms. The number of piperidine rings is 1. The van der Waals surface area contributed by atoms with Crippen LogP contribution in [0.25, 0.3) is 10.9 Å². The van der Waals surface area contributed by atoms with Crippen LogP contribution in [0.3, 0.4) is 0 Å². The van der Waals surface area contributed by atoms with E-state index in [0.717, 1.165) is 31.8 Å². The number of likely N-dealkylation sites (tertiary alicyclic amines) is 1. The molecule has 1 atom stereocenters. The summed E-state index contributed by atoms with van der Waals surface area (Å²) in [6.45, 7) is 5.79. The van der Waals surface area contributed by atoms with E-state index in [1.54, 1.807) is 18.2 Å². The summed E-state index contributed by atoms with van der Waals surface area (Å²) < 4.78 is 2.06. The Labute approximate surface area is 302 Å². The predicted octanol–water partition coefficient (Wildman–Crippen LogP) is 6.94. The lowest BCUT2D eigenvalue weighted by molar-refractivity contribution is 0.168. The zero-order chi connectivity index (χ0) is 35.4. The number of hydrogen-bond donors (Lipinski definition) is 5. The highest BCUT2D eigenvalue weighted by Gasteiger charge is 2.22. The Balaban J connectivity index is 0.792. The number of fused-ring (bicyclic) bond motifs is 1. The Morgan fingerprint density at radius 1 is 0.882 bits per heavy atom. The van der Waals surface area contributed by atoms with Crippen molar-refractivity contribution in [2.24, 2.45) is 5.92 Å². The number of aliphatic hydroxyl groups is 1. The molecule has 1 aliphatic carbocycles. The van der Waals surface area contributed by atoms with E-state index < -0.39 is 6.10 Å². The van der Waals surface area contributed by atoms with E-state index in [1.165, 1.54) is 126 Å². The second-order valence-corrected chi connectivity index (χ2v) is 15.0. The number of nitrogens with one attached hydrogen (secondary N) is 2. The lowest BCUT2D eigenvalue weighted by Gasteiger charge is -2.31. The topological polar surface area (TPSA) is 140 Å². The number of phenolic OH excluding ortho intramolecular Hbond substituents is 2. The van der Waals surface area contributed by atoms with Crippen LogP contribution in [-0.2, 0) is 13.0 Å². The molecular formula is C41H58N6O4. The second-order valence-electron chi connectivity index (χ2n) is 15.0. The summed E-state index contributed by atoms with van der Waals surface area (Å²) in [5.41, 5.74) is 3.33. The highest BCUT2D eigenvalue weighted by molar-refractivity contribution is 5.87. The van der Waals surface area contributed by atoms with Crippen LogP contribution in [0.5, 0.6) is 11.5 Å². The van der Waals surface area contributed by atoms with Gasteiger partial charge in [0.15, 0.2) is 5.82 Å². The molecule has 2 aliphatic rings. The van der Waals surface area contributed by atoms with Crippen LogP contribution < -0.4 is 10.9 Å². The van der Waals surface area contributed by atoms with E-state index >= 15 is 0 Å². The first-order valence-corrected chi connectivity index (χ1v) is 19.6. The first-order valence-electron chi connectivity index (χ1n) is 19.6. The minimum Gasteiger partial charge on any atom is -0.508 e. The van der Waals surface area contributed by atoms with E-state index in [1.807, 2.05) is 12.4 Å². The van der Waals surface area contributed by atoms with Crippen LogP contribution in [-0.4, -0.2) is 72.7 Å². The molecule has 1 aliphatic heterocycles. The van der Waals surface area contributed by atoms with E-state index in [2.05, 4.69) is 30.9 Å². The molecule has 1 saturated heterocycles. The molecule has 0 spiro atoms. The van der Waals surface area contributed by atoms with Gasteiger partial charge in [0.05, 0.1) is 11.6 Å². The van der Waals surface area contributed by atoms with Gasteiger partial charge < -0.3 is 30.5 Å². The maximum atomic E-state index is 11.6. The molecular weight excluding hydrogens is 640 g/mol. The number of phenols is 2. The monoisotopic (exact) mass is 698 g/mol. The predicted molar refractivity (Wildman–Crippen MR) is 202 cm³/mol. The van der Waals surface area contributed by atoms with Crippen LogP contribution in [0.2, 0.25) is 0 Å². The summed E-state index contributed by atoms with van der Waals surface area (Å²) in [4.78, 5) is 21.6. The molecule has 10 nitrogen and oxygen atoms in total. The van der Waals surface area contributed by atoms with Crippen molar-refractivity contribution in [3.8, 4) is 11.5 Å². The van der Waals surface area contributed by atoms with Gasteiger partial charge >= 0.3 is 0 Å². The first-order chi connectivity index (χ1) is 24.9. The van der Waals surface area contributed by atoms with Gasteiger partial charge in [-0.25, -0.2) is 4.98 Å². The van der Waals surface area contributed by atoms with Gasteiger partial charge in [-0.3, -0.25) is 9.48 Å². The fourth-order valence-electron chi connectivity index (χ4n) is 8.23. The minimum absolute atomic E-state index is 0.00691. The Kier molecular flexibility index (Phi) is 13.6. The van der Waals surface area contributed by atoms with Crippen molar-refractivity contribution >= 4 is 10.9 Å². The van der Waals surface area contributed by atoms with Gasteiger partial charge in [0, 0.05) is 31.0 Å². The molecule has 4 aromatic rings. The molecule has 0 radical (unpaired) electrons. The lowest BCUT2D eigenvalue weighted by atomic mass is 9.81. The summed E-state index contributed by atoms with van der Waals surface area (Å²) in [6.07, 6.45) is 19.3. The molecule has 0 unspecified atom stereocenters. The molecule has 1 saturated carbocycles. The zero-order valence-electron chi connectivity index (χ0n) is 30.2. The molecule has 2 aromatic heterocycles. The highest BCUT2D eigenvalue weighted by atomic mass is 16.3. The van der Waals surface area contributed by atoms with E-state index in [-0.39, 0.29) is 11.3 Å². The third-order valence-electron chi connectivity index (χ3n) is 11.2. The SMILES string of the molecule is O=c1ccc2c([C@@H](O)CNCCCCCCCCCN3CCC(Cn4cnc(Cc5ccc(O)cc5C5CCCCC5)n4)CC3)ccc(O)c2[nH]1. The molecule has 6 rings (SSSR count). The number of benzene rings is 2. The van der Waals surface area contributed by atoms with Crippen molar-refractivity contribution in [2.45, 2.75) is 115 Å². The van der Waals surface area contributed by atoms with Gasteiger partial charge in [-0.2, -0.15) is 5.10 Å². The number of unbranched alkanes of at least 4 members (excludes halogenated alkanes) is 6. The van der Waals surface area contributed by atoms with Crippen molar-refractivity contribution in [2.75, 3.05) is 32.7 Å². The van der Waals surface area contributed by atoms with Crippen molar-refractivity contribution < 1.29 is 15.3 Å². The number of aliphatic hydroxyl groups excluding tert-OH is 1. The number of nitrogens with zero attached hydrogens (tertiary/aromatic N) is 4. The normalized spacial score (nSPS) is 17.0. The number of aromatic amines is 1. The minimum atomic E-state index is -0.714. The summed E-state index contributed by atoms with van der Waals surface area (Å²) in [5.74, 6) is 2.44. The number of aromatic nitrogens is 4. The number of rotatable bonds is 18. The van der Waals surface area contributed by atoms with Crippen molar-refractivity contribution in [3.63, 3.8) is 0 Å². The number of H-pyrrole nitrogens is 1. The van der Waals surface area contributed by atoms with Gasteiger partial charge in [-0.1, -0.05) is 63.5 Å². The summed E-state index contributed by atoms with van der Waals surface area (Å²) in [7, 11) is 0. The van der Waals surface area contributed by atoms with Crippen LogP contribution in [0, 0.1) is 5.92 Å². The molecule has 10 heteroatoms. The third-order valence-corrected chi connectivity index (χ3v) is 11.2. The number of pyridine rings is 1. The van der Waals surface area contributed by atoms with Crippen molar-refractivity contribution in [1.82, 2.24) is 30.0 Å². The molecule has 51 heavy (non-hydrogen) atoms. The third kappa shape index (κ3) is 10.7. The van der Waals surface area contributed by atoms with Crippen molar-refractivity contribution in [1.29, 1.82) is 0 Å². The first kappa shape index (κ1) is 37.0. The summed E-state index contributed by atoms with van der Waals surface area (Å²) in [6, 6.07) is 12.2. The van der Waals surface area contributed by atoms with E-state index in [9.17, 15) is 20.1 Å². The van der Waals surface area contributed by atoms with Gasteiger partial charge in [0.2, 0.25) is 5.56 Å². The van der Waals surface area contributed by atoms with Gasteiger partial charge in [0.1, 0.15) is 17.8 Å². The van der Waals surface area contributed by atoms with Crippen LogP contribution in [0.15, 0.2) is 53.6 Å². The highest BCUT2D eigenvalue weighted by Crippen LogP contribution is 2.36. The maximum absolute atomic E-state index is 11.6. The Bertz CT molecular complexity index is 1720. The molecule has 3 heterocycles. The Morgan fingerprint density at radius 2 is 1.65 bits per heavy atom. The number of aromatic hydroxyl groups is 2. The quantitative estimate of drug-likeness (QED) is 0.0705. The maximum Gasteiger partial charge on any atom is 0.248 e. The van der Waals surface area contributed by atoms with Crippen LogP contribution in [0.1, 0.15) is 124 Å². The second kappa shape index (κ2) is 18.7. The fraction of sp³-hybridized carbons (Fsp3) is 0.585. The Morgan fingerprint density at radius 3 is 2.45 bits per heavy atom. The average molecular weight is 699 g/mol.